The van der Waals surface area contributed by atoms with Crippen molar-refractivity contribution in [1.82, 2.24) is 10.6 Å². The molecule has 0 aromatic heterocycles. The summed E-state index contributed by atoms with van der Waals surface area (Å²) in [5.41, 5.74) is 0. The molecule has 10 atom stereocenters. The van der Waals surface area contributed by atoms with Crippen LogP contribution in [0.1, 0.15) is 13.8 Å². The van der Waals surface area contributed by atoms with Gasteiger partial charge in [-0.1, -0.05) is 0 Å². The Labute approximate surface area is 188 Å². The van der Waals surface area contributed by atoms with Crippen molar-refractivity contribution in [3.05, 3.63) is 0 Å². The standard InChI is InChI=1S/C16H28N2O14S/c1-5(20)17-9-13(24)11(22)7(3-19)31-16(9)29-4-8-12(23)14(32-33(26,27)28)10(15(25)30-8)18-6(2)21/h7-16,19,22-25H,3-4H2,1-2H3,(H,17,20)(H,18,21)(H,26,27,28)/t7-,8-,9-,10-,11-,12+,13-,14-,15+,16-/m1/s1. The lowest BCUT2D eigenvalue weighted by Crippen LogP contribution is -2.66. The summed E-state index contributed by atoms with van der Waals surface area (Å²) in [6.07, 6.45) is -13.2. The maximum atomic E-state index is 11.5. The quantitative estimate of drug-likeness (QED) is 0.144. The Morgan fingerprint density at radius 3 is 2.00 bits per heavy atom. The van der Waals surface area contributed by atoms with E-state index in [-0.39, 0.29) is 0 Å². The van der Waals surface area contributed by atoms with Crippen LogP contribution in [0.25, 0.3) is 0 Å². The maximum Gasteiger partial charge on any atom is 0.397 e. The van der Waals surface area contributed by atoms with Crippen LogP contribution in [-0.4, -0.2) is 125 Å². The second kappa shape index (κ2) is 11.3. The van der Waals surface area contributed by atoms with E-state index >= 15 is 0 Å². The van der Waals surface area contributed by atoms with E-state index in [4.69, 9.17) is 18.8 Å². The van der Waals surface area contributed by atoms with Crippen LogP contribution in [0.2, 0.25) is 0 Å². The minimum atomic E-state index is -5.13. The van der Waals surface area contributed by atoms with Crippen molar-refractivity contribution in [2.24, 2.45) is 0 Å². The van der Waals surface area contributed by atoms with Gasteiger partial charge < -0.3 is 50.4 Å². The summed E-state index contributed by atoms with van der Waals surface area (Å²) < 4.78 is 51.8. The van der Waals surface area contributed by atoms with Gasteiger partial charge in [-0.05, 0) is 0 Å². The third-order valence-corrected chi connectivity index (χ3v) is 5.44. The fourth-order valence-corrected chi connectivity index (χ4v) is 4.03. The Balaban J connectivity index is 2.18. The minimum absolute atomic E-state index is 0.616. The normalized spacial score (nSPS) is 39.6. The number of nitrogens with one attached hydrogen (secondary N) is 2. The number of hydrogen-bond acceptors (Lipinski definition) is 13. The number of hydrogen-bond donors (Lipinski definition) is 8. The fourth-order valence-electron chi connectivity index (χ4n) is 3.52. The molecule has 0 aromatic rings. The zero-order valence-corrected chi connectivity index (χ0v) is 18.4. The van der Waals surface area contributed by atoms with E-state index in [0.717, 1.165) is 13.8 Å². The van der Waals surface area contributed by atoms with E-state index in [1.54, 1.807) is 0 Å². The first-order valence-corrected chi connectivity index (χ1v) is 11.1. The summed E-state index contributed by atoms with van der Waals surface area (Å²) in [6.45, 7) is 0.795. The van der Waals surface area contributed by atoms with Crippen molar-refractivity contribution in [3.8, 4) is 0 Å². The monoisotopic (exact) mass is 504 g/mol. The molecule has 2 saturated heterocycles. The SMILES string of the molecule is CC(=O)N[C@@H]1[C@@H](OS(=O)(=O)O)[C@@H](O)[C@@H](CO[C@@H]2O[C@H](CO)[C@@H](O)[C@H](O)[C@H]2NC(C)=O)O[C@@H]1O. The third-order valence-electron chi connectivity index (χ3n) is 4.97. The first-order valence-electron chi connectivity index (χ1n) is 9.70. The van der Waals surface area contributed by atoms with Gasteiger partial charge in [0, 0.05) is 13.8 Å². The van der Waals surface area contributed by atoms with Crippen LogP contribution in [-0.2, 0) is 38.4 Å². The van der Waals surface area contributed by atoms with E-state index in [2.05, 4.69) is 14.8 Å². The Morgan fingerprint density at radius 2 is 1.48 bits per heavy atom. The summed E-state index contributed by atoms with van der Waals surface area (Å²) in [5, 5.41) is 54.8. The lowest BCUT2D eigenvalue weighted by molar-refractivity contribution is -0.296. The van der Waals surface area contributed by atoms with Gasteiger partial charge in [0.15, 0.2) is 12.6 Å². The van der Waals surface area contributed by atoms with Crippen molar-refractivity contribution in [3.63, 3.8) is 0 Å². The molecule has 0 aliphatic carbocycles. The Morgan fingerprint density at radius 1 is 0.909 bits per heavy atom. The van der Waals surface area contributed by atoms with Gasteiger partial charge in [0.05, 0.1) is 13.2 Å². The highest BCUT2D eigenvalue weighted by molar-refractivity contribution is 7.80. The molecule has 0 saturated carbocycles. The number of carbonyl (C=O) groups is 2. The summed E-state index contributed by atoms with van der Waals surface area (Å²) >= 11 is 0. The molecule has 0 aromatic carbocycles. The molecule has 0 spiro atoms. The zero-order valence-electron chi connectivity index (χ0n) is 17.5. The Hall–Kier alpha value is -1.51. The van der Waals surface area contributed by atoms with Crippen molar-refractivity contribution >= 4 is 22.2 Å². The molecular formula is C16H28N2O14S. The highest BCUT2D eigenvalue weighted by atomic mass is 32.3. The molecule has 2 amide bonds. The molecule has 0 radical (unpaired) electrons. The Bertz CT molecular complexity index is 796. The zero-order chi connectivity index (χ0) is 25.1. The molecular weight excluding hydrogens is 476 g/mol. The molecule has 2 aliphatic heterocycles. The molecule has 33 heavy (non-hydrogen) atoms. The lowest BCUT2D eigenvalue weighted by atomic mass is 9.96. The number of ether oxygens (including phenoxy) is 3. The van der Waals surface area contributed by atoms with Gasteiger partial charge in [-0.25, -0.2) is 4.18 Å². The molecule has 2 aliphatic rings. The van der Waals surface area contributed by atoms with Crippen LogP contribution in [0.5, 0.6) is 0 Å². The average molecular weight is 504 g/mol. The first kappa shape index (κ1) is 27.7. The van der Waals surface area contributed by atoms with E-state index < -0.39 is 96.7 Å². The molecule has 192 valence electrons. The summed E-state index contributed by atoms with van der Waals surface area (Å²) in [6, 6.07) is -2.91. The molecule has 17 heteroatoms. The number of rotatable bonds is 8. The molecule has 0 unspecified atom stereocenters. The van der Waals surface area contributed by atoms with E-state index in [0.29, 0.717) is 0 Å². The lowest BCUT2D eigenvalue weighted by Gasteiger charge is -2.44. The van der Waals surface area contributed by atoms with Crippen LogP contribution in [0, 0.1) is 0 Å². The van der Waals surface area contributed by atoms with Gasteiger partial charge in [0.2, 0.25) is 11.8 Å². The number of carbonyl (C=O) groups excluding carboxylic acids is 2. The van der Waals surface area contributed by atoms with Crippen molar-refractivity contribution < 1.29 is 66.5 Å². The molecule has 2 rings (SSSR count). The highest BCUT2D eigenvalue weighted by Crippen LogP contribution is 2.27. The van der Waals surface area contributed by atoms with Crippen LogP contribution >= 0.6 is 0 Å². The van der Waals surface area contributed by atoms with E-state index in [1.807, 2.05) is 0 Å². The highest BCUT2D eigenvalue weighted by Gasteiger charge is 2.50. The van der Waals surface area contributed by atoms with E-state index in [1.165, 1.54) is 0 Å². The van der Waals surface area contributed by atoms with E-state index in [9.17, 15) is 43.5 Å². The largest absolute Gasteiger partial charge is 0.397 e. The third kappa shape index (κ3) is 7.23. The van der Waals surface area contributed by atoms with Gasteiger partial charge in [0.25, 0.3) is 0 Å². The second-order valence-electron chi connectivity index (χ2n) is 7.54. The molecule has 0 bridgehead atoms. The van der Waals surface area contributed by atoms with Gasteiger partial charge in [-0.3, -0.25) is 14.1 Å². The van der Waals surface area contributed by atoms with Crippen molar-refractivity contribution in [2.75, 3.05) is 13.2 Å². The Kier molecular flexibility index (Phi) is 9.48. The molecule has 8 N–H and O–H groups in total. The van der Waals surface area contributed by atoms with Crippen LogP contribution in [0.4, 0.5) is 0 Å². The van der Waals surface area contributed by atoms with Gasteiger partial charge in [-0.15, -0.1) is 0 Å². The van der Waals surface area contributed by atoms with Gasteiger partial charge >= 0.3 is 10.4 Å². The first-order chi connectivity index (χ1) is 15.2. The van der Waals surface area contributed by atoms with Gasteiger partial charge in [-0.2, -0.15) is 8.42 Å². The van der Waals surface area contributed by atoms with Crippen LogP contribution in [0.15, 0.2) is 0 Å². The van der Waals surface area contributed by atoms with Crippen LogP contribution in [0.3, 0.4) is 0 Å². The average Bonchev–Trinajstić information content (AvgIpc) is 2.69. The molecule has 2 heterocycles. The topological polar surface area (TPSA) is 251 Å². The maximum absolute atomic E-state index is 11.5. The van der Waals surface area contributed by atoms with Crippen molar-refractivity contribution in [2.45, 2.75) is 75.1 Å². The number of amides is 2. The number of aliphatic hydroxyl groups is 5. The summed E-state index contributed by atoms with van der Waals surface area (Å²) in [5.74, 6) is -1.35. The summed E-state index contributed by atoms with van der Waals surface area (Å²) in [4.78, 5) is 22.8. The second-order valence-corrected chi connectivity index (χ2v) is 8.58. The molecule has 2 fully saturated rings. The summed E-state index contributed by atoms with van der Waals surface area (Å²) in [7, 11) is -5.13. The fraction of sp³-hybridized carbons (Fsp3) is 0.875. The smallest absolute Gasteiger partial charge is 0.394 e. The van der Waals surface area contributed by atoms with Gasteiger partial charge in [0.1, 0.15) is 48.7 Å². The predicted octanol–water partition coefficient (Wildman–Crippen LogP) is -5.28. The number of aliphatic hydroxyl groups excluding tert-OH is 5. The van der Waals surface area contributed by atoms with Crippen molar-refractivity contribution in [1.29, 1.82) is 0 Å². The predicted molar refractivity (Wildman–Crippen MR) is 102 cm³/mol. The minimum Gasteiger partial charge on any atom is -0.394 e. The van der Waals surface area contributed by atoms with Crippen LogP contribution < -0.4 is 10.6 Å². The molecule has 16 nitrogen and oxygen atoms in total.